The highest BCUT2D eigenvalue weighted by Crippen LogP contribution is 2.09. The molecule has 0 radical (unpaired) electrons. The van der Waals surface area contributed by atoms with Crippen LogP contribution in [0.4, 0.5) is 4.79 Å². The van der Waals surface area contributed by atoms with Crippen molar-refractivity contribution in [1.29, 1.82) is 0 Å². The first-order valence-corrected chi connectivity index (χ1v) is 10.5. The molecule has 0 aliphatic rings. The van der Waals surface area contributed by atoms with Gasteiger partial charge in [-0.3, -0.25) is 4.79 Å². The summed E-state index contributed by atoms with van der Waals surface area (Å²) in [5.74, 6) is -1.91. The third-order valence-electron chi connectivity index (χ3n) is 4.71. The number of alkyl carbamates (subject to hydrolysis) is 1. The second-order valence-electron chi connectivity index (χ2n) is 7.38. The number of unbranched alkanes of at least 4 members (excludes halogenated alkanes) is 5. The summed E-state index contributed by atoms with van der Waals surface area (Å²) in [4.78, 5) is 36.0. The lowest BCUT2D eigenvalue weighted by molar-refractivity contribution is -0.142. The molecule has 0 spiro atoms. The van der Waals surface area contributed by atoms with Gasteiger partial charge in [-0.2, -0.15) is 0 Å². The van der Waals surface area contributed by atoms with Gasteiger partial charge >= 0.3 is 12.1 Å². The van der Waals surface area contributed by atoms with Crippen LogP contribution in [0.2, 0.25) is 0 Å². The number of carboxylic acid groups (broad SMARTS) is 1. The van der Waals surface area contributed by atoms with Crippen molar-refractivity contribution in [2.75, 3.05) is 0 Å². The van der Waals surface area contributed by atoms with Gasteiger partial charge < -0.3 is 25.6 Å². The van der Waals surface area contributed by atoms with Crippen LogP contribution in [-0.4, -0.2) is 46.4 Å². The number of rotatable bonds is 14. The van der Waals surface area contributed by atoms with Crippen LogP contribution in [0.25, 0.3) is 0 Å². The number of hydrogen-bond acceptors (Lipinski definition) is 5. The number of aliphatic hydroxyl groups excluding tert-OH is 1. The minimum absolute atomic E-state index is 0.0105. The molecule has 0 fully saturated rings. The molecule has 0 heterocycles. The Hall–Kier alpha value is -2.61. The van der Waals surface area contributed by atoms with Crippen molar-refractivity contribution in [2.45, 2.75) is 83.6 Å². The summed E-state index contributed by atoms with van der Waals surface area (Å²) in [6.07, 6.45) is 4.19. The van der Waals surface area contributed by atoms with Gasteiger partial charge in [0.15, 0.2) is 0 Å². The Morgan fingerprint density at radius 1 is 1.00 bits per heavy atom. The number of carboxylic acids is 1. The zero-order chi connectivity index (χ0) is 22.4. The summed E-state index contributed by atoms with van der Waals surface area (Å²) in [6, 6.07) is 6.61. The molecule has 4 N–H and O–H groups in total. The van der Waals surface area contributed by atoms with Crippen LogP contribution >= 0.6 is 0 Å². The Balaban J connectivity index is 2.52. The fourth-order valence-corrected chi connectivity index (χ4v) is 2.94. The average molecular weight is 423 g/mol. The third kappa shape index (κ3) is 10.2. The maximum Gasteiger partial charge on any atom is 0.408 e. The molecule has 0 saturated heterocycles. The van der Waals surface area contributed by atoms with Crippen LogP contribution in [0.1, 0.15) is 64.4 Å². The lowest BCUT2D eigenvalue weighted by Gasteiger charge is -2.23. The molecule has 0 saturated carbocycles. The first-order valence-electron chi connectivity index (χ1n) is 10.5. The maximum absolute atomic E-state index is 12.5. The van der Waals surface area contributed by atoms with Crippen molar-refractivity contribution < 1.29 is 29.3 Å². The second-order valence-corrected chi connectivity index (χ2v) is 7.38. The summed E-state index contributed by atoms with van der Waals surface area (Å²) in [6.45, 7) is 3.47. The van der Waals surface area contributed by atoms with E-state index in [1.807, 2.05) is 6.07 Å². The largest absolute Gasteiger partial charge is 0.480 e. The standard InChI is InChI=1S/C22H34N2O6/c1-3-4-5-6-7-11-14-18(21(27)28)23-20(26)19(16(2)25)24-22(29)30-15-17-12-9-8-10-13-17/h8-10,12-13,16,18-19,25H,3-7,11,14-15H2,1-2H3,(H,23,26)(H,24,29)(H,27,28)/t16-,18+,19+/m1/s1. The molecule has 1 aromatic carbocycles. The smallest absolute Gasteiger partial charge is 0.408 e. The van der Waals surface area contributed by atoms with Crippen LogP contribution in [0.3, 0.4) is 0 Å². The van der Waals surface area contributed by atoms with Crippen molar-refractivity contribution in [3.05, 3.63) is 35.9 Å². The van der Waals surface area contributed by atoms with E-state index >= 15 is 0 Å². The quantitative estimate of drug-likeness (QED) is 0.342. The molecule has 0 unspecified atom stereocenters. The van der Waals surface area contributed by atoms with Crippen LogP contribution in [0.5, 0.6) is 0 Å². The van der Waals surface area contributed by atoms with E-state index in [2.05, 4.69) is 17.6 Å². The number of ether oxygens (including phenoxy) is 1. The van der Waals surface area contributed by atoms with E-state index in [4.69, 9.17) is 4.74 Å². The second kappa shape index (κ2) is 14.4. The fraction of sp³-hybridized carbons (Fsp3) is 0.591. The van der Waals surface area contributed by atoms with Gasteiger partial charge in [0.2, 0.25) is 5.91 Å². The highest BCUT2D eigenvalue weighted by Gasteiger charge is 2.30. The van der Waals surface area contributed by atoms with E-state index in [-0.39, 0.29) is 13.0 Å². The number of aliphatic hydroxyl groups is 1. The van der Waals surface area contributed by atoms with Gasteiger partial charge in [0, 0.05) is 0 Å². The lowest BCUT2D eigenvalue weighted by atomic mass is 10.0. The van der Waals surface area contributed by atoms with Crippen molar-refractivity contribution in [3.63, 3.8) is 0 Å². The number of carbonyl (C=O) groups is 3. The highest BCUT2D eigenvalue weighted by atomic mass is 16.5. The fourth-order valence-electron chi connectivity index (χ4n) is 2.94. The summed E-state index contributed by atoms with van der Waals surface area (Å²) in [7, 11) is 0. The molecule has 2 amide bonds. The van der Waals surface area contributed by atoms with Crippen molar-refractivity contribution >= 4 is 18.0 Å². The van der Waals surface area contributed by atoms with Crippen LogP contribution < -0.4 is 10.6 Å². The molecular weight excluding hydrogens is 388 g/mol. The molecule has 8 nitrogen and oxygen atoms in total. The number of carbonyl (C=O) groups excluding carboxylic acids is 2. The van der Waals surface area contributed by atoms with Crippen LogP contribution in [0, 0.1) is 0 Å². The Labute approximate surface area is 178 Å². The first-order chi connectivity index (χ1) is 14.3. The van der Waals surface area contributed by atoms with E-state index in [1.165, 1.54) is 6.92 Å². The van der Waals surface area contributed by atoms with E-state index in [1.54, 1.807) is 24.3 Å². The van der Waals surface area contributed by atoms with Crippen LogP contribution in [-0.2, 0) is 20.9 Å². The summed E-state index contributed by atoms with van der Waals surface area (Å²) in [5, 5.41) is 24.0. The predicted molar refractivity (Wildman–Crippen MR) is 113 cm³/mol. The van der Waals surface area contributed by atoms with Gasteiger partial charge in [0.05, 0.1) is 6.10 Å². The molecular formula is C22H34N2O6. The molecule has 0 bridgehead atoms. The number of aliphatic carboxylic acids is 1. The third-order valence-corrected chi connectivity index (χ3v) is 4.71. The molecule has 1 rings (SSSR count). The van der Waals surface area contributed by atoms with E-state index in [0.29, 0.717) is 6.42 Å². The van der Waals surface area contributed by atoms with Gasteiger partial charge in [-0.25, -0.2) is 9.59 Å². The van der Waals surface area contributed by atoms with E-state index in [0.717, 1.165) is 37.7 Å². The summed E-state index contributed by atoms with van der Waals surface area (Å²) in [5.41, 5.74) is 0.774. The summed E-state index contributed by atoms with van der Waals surface area (Å²) >= 11 is 0. The topological polar surface area (TPSA) is 125 Å². The predicted octanol–water partition coefficient (Wildman–Crippen LogP) is 2.98. The van der Waals surface area contributed by atoms with Crippen molar-refractivity contribution in [3.8, 4) is 0 Å². The molecule has 168 valence electrons. The minimum Gasteiger partial charge on any atom is -0.480 e. The van der Waals surface area contributed by atoms with Crippen LogP contribution in [0.15, 0.2) is 30.3 Å². The highest BCUT2D eigenvalue weighted by molar-refractivity contribution is 5.89. The molecule has 30 heavy (non-hydrogen) atoms. The Morgan fingerprint density at radius 3 is 2.23 bits per heavy atom. The monoisotopic (exact) mass is 422 g/mol. The molecule has 0 aromatic heterocycles. The number of amides is 2. The van der Waals surface area contributed by atoms with Gasteiger partial charge in [0.1, 0.15) is 18.7 Å². The molecule has 3 atom stereocenters. The van der Waals surface area contributed by atoms with Gasteiger partial charge in [0.25, 0.3) is 0 Å². The first kappa shape index (κ1) is 25.4. The maximum atomic E-state index is 12.5. The van der Waals surface area contributed by atoms with E-state index < -0.39 is 36.2 Å². The SMILES string of the molecule is CCCCCCCC[C@H](NC(=O)[C@@H](NC(=O)OCc1ccccc1)[C@@H](C)O)C(=O)O. The number of nitrogens with one attached hydrogen (secondary N) is 2. The van der Waals surface area contributed by atoms with E-state index in [9.17, 15) is 24.6 Å². The molecule has 8 heteroatoms. The normalized spacial score (nSPS) is 13.7. The Bertz CT molecular complexity index is 650. The zero-order valence-electron chi connectivity index (χ0n) is 17.8. The Kier molecular flexibility index (Phi) is 12.2. The number of hydrogen-bond donors (Lipinski definition) is 4. The van der Waals surface area contributed by atoms with Gasteiger partial charge in [-0.1, -0.05) is 75.8 Å². The summed E-state index contributed by atoms with van der Waals surface area (Å²) < 4.78 is 5.07. The van der Waals surface area contributed by atoms with Gasteiger partial charge in [-0.15, -0.1) is 0 Å². The van der Waals surface area contributed by atoms with Crippen molar-refractivity contribution in [2.24, 2.45) is 0 Å². The van der Waals surface area contributed by atoms with Gasteiger partial charge in [-0.05, 0) is 18.9 Å². The van der Waals surface area contributed by atoms with Crippen molar-refractivity contribution in [1.82, 2.24) is 10.6 Å². The Morgan fingerprint density at radius 2 is 1.63 bits per heavy atom. The zero-order valence-corrected chi connectivity index (χ0v) is 17.8. The molecule has 0 aliphatic carbocycles. The minimum atomic E-state index is -1.32. The number of benzene rings is 1. The lowest BCUT2D eigenvalue weighted by Crippen LogP contribution is -2.55. The average Bonchev–Trinajstić information content (AvgIpc) is 2.72. The molecule has 0 aliphatic heterocycles. The molecule has 1 aromatic rings.